The molecule has 2 amide bonds. The molecule has 1 aromatic heterocycles. The minimum atomic E-state index is -0.350. The van der Waals surface area contributed by atoms with Gasteiger partial charge in [0.25, 0.3) is 0 Å². The average Bonchev–Trinajstić information content (AvgIpc) is 2.75. The Labute approximate surface area is 104 Å². The normalized spacial score (nSPS) is 19.8. The van der Waals surface area contributed by atoms with E-state index in [2.05, 4.69) is 10.1 Å². The zero-order valence-corrected chi connectivity index (χ0v) is 9.95. The van der Waals surface area contributed by atoms with E-state index in [9.17, 15) is 9.59 Å². The summed E-state index contributed by atoms with van der Waals surface area (Å²) < 4.78 is 1.38. The molecule has 1 aliphatic heterocycles. The number of anilines is 1. The molecule has 0 aliphatic carbocycles. The first-order chi connectivity index (χ1) is 8.56. The number of rotatable bonds is 3. The van der Waals surface area contributed by atoms with Crippen LogP contribution in [0.3, 0.4) is 0 Å². The van der Waals surface area contributed by atoms with Crippen LogP contribution >= 0.6 is 0 Å². The third-order valence-electron chi connectivity index (χ3n) is 3.03. The standard InChI is InChI=1S/C10H16N6O2/c11-9(18)7-2-1-3-15(4-7)8(17)5-16-6-13-10(12)14-16/h6-7H,1-5H2,(H2,11,18)(H2,12,14). The maximum Gasteiger partial charge on any atom is 0.244 e. The molecular weight excluding hydrogens is 236 g/mol. The lowest BCUT2D eigenvalue weighted by atomic mass is 9.97. The summed E-state index contributed by atoms with van der Waals surface area (Å²) in [5.41, 5.74) is 10.6. The number of hydrogen-bond donors (Lipinski definition) is 2. The van der Waals surface area contributed by atoms with Gasteiger partial charge in [0, 0.05) is 13.1 Å². The van der Waals surface area contributed by atoms with E-state index >= 15 is 0 Å². The monoisotopic (exact) mass is 252 g/mol. The smallest absolute Gasteiger partial charge is 0.244 e. The summed E-state index contributed by atoms with van der Waals surface area (Å²) in [6, 6.07) is 0. The summed E-state index contributed by atoms with van der Waals surface area (Å²) in [6.07, 6.45) is 2.94. The van der Waals surface area contributed by atoms with Gasteiger partial charge in [0.2, 0.25) is 17.8 Å². The summed E-state index contributed by atoms with van der Waals surface area (Å²) in [5.74, 6) is -0.566. The number of aromatic nitrogens is 3. The fraction of sp³-hybridized carbons (Fsp3) is 0.600. The molecule has 8 nitrogen and oxygen atoms in total. The third kappa shape index (κ3) is 2.76. The van der Waals surface area contributed by atoms with Crippen LogP contribution in [0.25, 0.3) is 0 Å². The first-order valence-electron chi connectivity index (χ1n) is 5.78. The van der Waals surface area contributed by atoms with Crippen LogP contribution in [-0.4, -0.2) is 44.6 Å². The molecule has 4 N–H and O–H groups in total. The van der Waals surface area contributed by atoms with E-state index in [-0.39, 0.29) is 30.2 Å². The summed E-state index contributed by atoms with van der Waals surface area (Å²) in [6.45, 7) is 1.11. The Morgan fingerprint density at radius 3 is 2.89 bits per heavy atom. The van der Waals surface area contributed by atoms with Crippen LogP contribution < -0.4 is 11.5 Å². The summed E-state index contributed by atoms with van der Waals surface area (Å²) in [7, 11) is 0. The number of amides is 2. The van der Waals surface area contributed by atoms with Crippen LogP contribution in [0.1, 0.15) is 12.8 Å². The molecule has 1 atom stereocenters. The molecule has 1 saturated heterocycles. The van der Waals surface area contributed by atoms with Gasteiger partial charge in [-0.3, -0.25) is 9.59 Å². The predicted molar refractivity (Wildman–Crippen MR) is 62.9 cm³/mol. The molecule has 1 fully saturated rings. The van der Waals surface area contributed by atoms with Crippen LogP contribution in [0, 0.1) is 5.92 Å². The van der Waals surface area contributed by atoms with Gasteiger partial charge in [0.1, 0.15) is 12.9 Å². The Balaban J connectivity index is 1.94. The largest absolute Gasteiger partial charge is 0.369 e. The van der Waals surface area contributed by atoms with Gasteiger partial charge in [-0.25, -0.2) is 9.67 Å². The zero-order valence-electron chi connectivity index (χ0n) is 9.95. The number of primary amides is 1. The van der Waals surface area contributed by atoms with Gasteiger partial charge < -0.3 is 16.4 Å². The fourth-order valence-corrected chi connectivity index (χ4v) is 2.06. The van der Waals surface area contributed by atoms with Crippen LogP contribution in [0.5, 0.6) is 0 Å². The van der Waals surface area contributed by atoms with Crippen molar-refractivity contribution >= 4 is 17.8 Å². The van der Waals surface area contributed by atoms with Gasteiger partial charge in [0.15, 0.2) is 0 Å². The zero-order chi connectivity index (χ0) is 13.1. The number of piperidine rings is 1. The van der Waals surface area contributed by atoms with Crippen molar-refractivity contribution < 1.29 is 9.59 Å². The topological polar surface area (TPSA) is 120 Å². The molecule has 0 radical (unpaired) electrons. The van der Waals surface area contributed by atoms with E-state index in [1.165, 1.54) is 11.0 Å². The second-order valence-corrected chi connectivity index (χ2v) is 4.38. The molecule has 1 aliphatic rings. The van der Waals surface area contributed by atoms with Crippen molar-refractivity contribution in [2.75, 3.05) is 18.8 Å². The van der Waals surface area contributed by atoms with Gasteiger partial charge in [0.05, 0.1) is 5.92 Å². The molecule has 0 saturated carbocycles. The fourth-order valence-electron chi connectivity index (χ4n) is 2.06. The maximum atomic E-state index is 12.0. The van der Waals surface area contributed by atoms with Crippen molar-refractivity contribution in [3.05, 3.63) is 6.33 Å². The SMILES string of the molecule is NC(=O)C1CCCN(C(=O)Cn2cnc(N)n2)C1. The molecule has 1 aromatic rings. The Morgan fingerprint density at radius 2 is 2.28 bits per heavy atom. The highest BCUT2D eigenvalue weighted by Crippen LogP contribution is 2.16. The third-order valence-corrected chi connectivity index (χ3v) is 3.03. The Hall–Kier alpha value is -2.12. The molecule has 0 spiro atoms. The summed E-state index contributed by atoms with van der Waals surface area (Å²) >= 11 is 0. The van der Waals surface area contributed by atoms with Crippen molar-refractivity contribution in [2.45, 2.75) is 19.4 Å². The van der Waals surface area contributed by atoms with Crippen LogP contribution in [0.2, 0.25) is 0 Å². The number of hydrogen-bond acceptors (Lipinski definition) is 5. The second kappa shape index (κ2) is 5.03. The van der Waals surface area contributed by atoms with Gasteiger partial charge in [-0.1, -0.05) is 0 Å². The first-order valence-corrected chi connectivity index (χ1v) is 5.78. The first kappa shape index (κ1) is 12.3. The lowest BCUT2D eigenvalue weighted by Crippen LogP contribution is -2.45. The van der Waals surface area contributed by atoms with Gasteiger partial charge in [-0.05, 0) is 12.8 Å². The highest BCUT2D eigenvalue weighted by molar-refractivity contribution is 5.80. The van der Waals surface area contributed by atoms with Crippen molar-refractivity contribution in [3.63, 3.8) is 0 Å². The van der Waals surface area contributed by atoms with Crippen molar-refractivity contribution in [3.8, 4) is 0 Å². The van der Waals surface area contributed by atoms with E-state index in [0.717, 1.165) is 12.8 Å². The number of carbonyl (C=O) groups is 2. The van der Waals surface area contributed by atoms with Gasteiger partial charge >= 0.3 is 0 Å². The van der Waals surface area contributed by atoms with Crippen molar-refractivity contribution in [1.29, 1.82) is 0 Å². The number of likely N-dealkylation sites (tertiary alicyclic amines) is 1. The number of nitrogens with two attached hydrogens (primary N) is 2. The van der Waals surface area contributed by atoms with Crippen LogP contribution in [-0.2, 0) is 16.1 Å². The van der Waals surface area contributed by atoms with Crippen molar-refractivity contribution in [2.24, 2.45) is 11.7 Å². The van der Waals surface area contributed by atoms with Crippen molar-refractivity contribution in [1.82, 2.24) is 19.7 Å². The molecule has 2 rings (SSSR count). The lowest BCUT2D eigenvalue weighted by Gasteiger charge is -2.31. The molecular formula is C10H16N6O2. The number of nitrogen functional groups attached to an aromatic ring is 1. The Kier molecular flexibility index (Phi) is 3.45. The molecule has 0 aromatic carbocycles. The maximum absolute atomic E-state index is 12.0. The minimum absolute atomic E-state index is 0.0790. The molecule has 8 heteroatoms. The summed E-state index contributed by atoms with van der Waals surface area (Å²) in [4.78, 5) is 28.5. The Morgan fingerprint density at radius 1 is 1.50 bits per heavy atom. The number of nitrogens with zero attached hydrogens (tertiary/aromatic N) is 4. The van der Waals surface area contributed by atoms with E-state index in [1.807, 2.05) is 0 Å². The molecule has 2 heterocycles. The van der Waals surface area contributed by atoms with E-state index in [1.54, 1.807) is 4.90 Å². The summed E-state index contributed by atoms with van der Waals surface area (Å²) in [5, 5.41) is 3.84. The van der Waals surface area contributed by atoms with E-state index in [4.69, 9.17) is 11.5 Å². The van der Waals surface area contributed by atoms with E-state index < -0.39 is 0 Å². The minimum Gasteiger partial charge on any atom is -0.369 e. The van der Waals surface area contributed by atoms with Crippen LogP contribution in [0.15, 0.2) is 6.33 Å². The molecule has 98 valence electrons. The number of carbonyl (C=O) groups excluding carboxylic acids is 2. The molecule has 0 bridgehead atoms. The predicted octanol–water partition coefficient (Wildman–Crippen LogP) is -1.42. The quantitative estimate of drug-likeness (QED) is 0.684. The second-order valence-electron chi connectivity index (χ2n) is 4.38. The van der Waals surface area contributed by atoms with E-state index in [0.29, 0.717) is 13.1 Å². The van der Waals surface area contributed by atoms with Gasteiger partial charge in [-0.2, -0.15) is 0 Å². The highest BCUT2D eigenvalue weighted by Gasteiger charge is 2.26. The molecule has 1 unspecified atom stereocenters. The highest BCUT2D eigenvalue weighted by atomic mass is 16.2. The average molecular weight is 252 g/mol. The van der Waals surface area contributed by atoms with Gasteiger partial charge in [-0.15, -0.1) is 5.10 Å². The molecule has 18 heavy (non-hydrogen) atoms. The van der Waals surface area contributed by atoms with Crippen LogP contribution in [0.4, 0.5) is 5.95 Å². The lowest BCUT2D eigenvalue weighted by molar-refractivity contribution is -0.135. The Bertz CT molecular complexity index is 457.